The van der Waals surface area contributed by atoms with E-state index in [-0.39, 0.29) is 18.3 Å². The van der Waals surface area contributed by atoms with Crippen molar-refractivity contribution in [3.8, 4) is 0 Å². The van der Waals surface area contributed by atoms with Crippen LogP contribution in [0.15, 0.2) is 18.2 Å². The Hall–Kier alpha value is -0.105. The molecular formula is C13H19BINO2. The van der Waals surface area contributed by atoms with Gasteiger partial charge in [-0.3, -0.25) is 0 Å². The molecule has 5 heteroatoms. The summed E-state index contributed by atoms with van der Waals surface area (Å²) in [7, 11) is -0.310. The van der Waals surface area contributed by atoms with Crippen molar-refractivity contribution >= 4 is 35.2 Å². The Bertz CT molecular complexity index is 446. The molecule has 0 saturated carbocycles. The predicted molar refractivity (Wildman–Crippen MR) is 82.8 cm³/mol. The Morgan fingerprint density at radius 1 is 1.11 bits per heavy atom. The Morgan fingerprint density at radius 3 is 2.17 bits per heavy atom. The third-order valence-corrected chi connectivity index (χ3v) is 4.36. The van der Waals surface area contributed by atoms with E-state index < -0.39 is 0 Å². The Balaban J connectivity index is 2.32. The van der Waals surface area contributed by atoms with Gasteiger partial charge in [0.15, 0.2) is 0 Å². The molecule has 0 aliphatic carbocycles. The van der Waals surface area contributed by atoms with Crippen molar-refractivity contribution < 1.29 is 9.31 Å². The van der Waals surface area contributed by atoms with Crippen molar-refractivity contribution in [1.29, 1.82) is 0 Å². The molecule has 0 radical (unpaired) electrons. The summed E-state index contributed by atoms with van der Waals surface area (Å²) in [6.45, 7) is 8.77. The fourth-order valence-corrected chi connectivity index (χ4v) is 2.67. The Labute approximate surface area is 123 Å². The lowest BCUT2D eigenvalue weighted by Gasteiger charge is -2.32. The minimum atomic E-state index is -0.310. The first-order valence-electron chi connectivity index (χ1n) is 6.10. The molecule has 2 N–H and O–H groups in total. The van der Waals surface area contributed by atoms with Gasteiger partial charge in [0.2, 0.25) is 0 Å². The van der Waals surface area contributed by atoms with Crippen LogP contribution in [0.1, 0.15) is 33.3 Å². The van der Waals surface area contributed by atoms with Gasteiger partial charge in [0.1, 0.15) is 0 Å². The van der Waals surface area contributed by atoms with Crippen LogP contribution in [0.5, 0.6) is 0 Å². The van der Waals surface area contributed by atoms with Gasteiger partial charge in [0.05, 0.1) is 11.2 Å². The fourth-order valence-electron chi connectivity index (χ4n) is 1.91. The Morgan fingerprint density at radius 2 is 1.67 bits per heavy atom. The number of hydrogen-bond donors (Lipinski definition) is 1. The molecule has 0 aromatic heterocycles. The van der Waals surface area contributed by atoms with Crippen LogP contribution in [0.25, 0.3) is 0 Å². The van der Waals surface area contributed by atoms with Gasteiger partial charge in [-0.1, -0.05) is 6.07 Å². The van der Waals surface area contributed by atoms with Crippen LogP contribution in [0.2, 0.25) is 0 Å². The smallest absolute Gasteiger partial charge is 0.399 e. The minimum absolute atomic E-state index is 0.304. The highest BCUT2D eigenvalue weighted by molar-refractivity contribution is 14.1. The second-order valence-electron chi connectivity index (χ2n) is 5.69. The van der Waals surface area contributed by atoms with Gasteiger partial charge in [-0.15, -0.1) is 0 Å². The van der Waals surface area contributed by atoms with Crippen molar-refractivity contribution in [3.05, 3.63) is 27.3 Å². The summed E-state index contributed by atoms with van der Waals surface area (Å²) in [5.74, 6) is 0. The number of halogens is 1. The van der Waals surface area contributed by atoms with Crippen molar-refractivity contribution in [1.82, 2.24) is 0 Å². The second kappa shape index (κ2) is 4.78. The molecule has 0 atom stereocenters. The highest BCUT2D eigenvalue weighted by atomic mass is 127. The first kappa shape index (κ1) is 14.3. The zero-order valence-electron chi connectivity index (χ0n) is 11.3. The Kier molecular flexibility index (Phi) is 3.80. The second-order valence-corrected chi connectivity index (χ2v) is 6.93. The van der Waals surface area contributed by atoms with Gasteiger partial charge in [0, 0.05) is 10.1 Å². The van der Waals surface area contributed by atoms with Gasteiger partial charge in [-0.05, 0) is 73.4 Å². The molecule has 0 bridgehead atoms. The van der Waals surface area contributed by atoms with Crippen LogP contribution < -0.4 is 11.2 Å². The molecular weight excluding hydrogens is 340 g/mol. The first-order chi connectivity index (χ1) is 8.25. The number of nitrogens with two attached hydrogens (primary N) is 1. The molecule has 18 heavy (non-hydrogen) atoms. The van der Waals surface area contributed by atoms with E-state index in [0.717, 1.165) is 14.6 Å². The van der Waals surface area contributed by atoms with Crippen LogP contribution in [-0.2, 0) is 15.9 Å². The zero-order chi connectivity index (χ0) is 13.6. The standard InChI is InChI=1S/C13H19BINO2/c1-12(2)13(3,4)18-14(17-12)10-5-9(8-16)6-11(15)7-10/h5-7H,8,16H2,1-4H3. The molecule has 1 saturated heterocycles. The van der Waals surface area contributed by atoms with E-state index in [4.69, 9.17) is 15.0 Å². The molecule has 0 unspecified atom stereocenters. The average Bonchev–Trinajstić information content (AvgIpc) is 2.47. The van der Waals surface area contributed by atoms with E-state index in [0.29, 0.717) is 6.54 Å². The van der Waals surface area contributed by atoms with E-state index in [2.05, 4.69) is 68.5 Å². The van der Waals surface area contributed by atoms with Crippen LogP contribution in [0.3, 0.4) is 0 Å². The van der Waals surface area contributed by atoms with Crippen LogP contribution in [-0.4, -0.2) is 18.3 Å². The molecule has 1 aromatic rings. The van der Waals surface area contributed by atoms with Gasteiger partial charge in [0.25, 0.3) is 0 Å². The SMILES string of the molecule is CC1(C)OB(c2cc(I)cc(CN)c2)OC1(C)C. The van der Waals surface area contributed by atoms with Gasteiger partial charge >= 0.3 is 7.12 Å². The molecule has 1 fully saturated rings. The monoisotopic (exact) mass is 359 g/mol. The number of hydrogen-bond acceptors (Lipinski definition) is 3. The quantitative estimate of drug-likeness (QED) is 0.650. The third-order valence-electron chi connectivity index (χ3n) is 3.74. The highest BCUT2D eigenvalue weighted by Crippen LogP contribution is 2.36. The summed E-state index contributed by atoms with van der Waals surface area (Å²) in [6.07, 6.45) is 0. The molecule has 1 aromatic carbocycles. The predicted octanol–water partition coefficient (Wildman–Crippen LogP) is 2.05. The lowest BCUT2D eigenvalue weighted by atomic mass is 9.78. The highest BCUT2D eigenvalue weighted by Gasteiger charge is 2.51. The van der Waals surface area contributed by atoms with E-state index in [1.54, 1.807) is 0 Å². The average molecular weight is 359 g/mol. The van der Waals surface area contributed by atoms with Crippen LogP contribution in [0.4, 0.5) is 0 Å². The maximum atomic E-state index is 6.04. The lowest BCUT2D eigenvalue weighted by Crippen LogP contribution is -2.41. The number of benzene rings is 1. The molecule has 3 nitrogen and oxygen atoms in total. The summed E-state index contributed by atoms with van der Waals surface area (Å²) in [5, 5.41) is 0. The third kappa shape index (κ3) is 2.59. The number of rotatable bonds is 2. The molecule has 2 rings (SSSR count). The van der Waals surface area contributed by atoms with E-state index >= 15 is 0 Å². The summed E-state index contributed by atoms with van der Waals surface area (Å²) in [6, 6.07) is 6.22. The molecule has 98 valence electrons. The van der Waals surface area contributed by atoms with Crippen LogP contribution in [0, 0.1) is 3.57 Å². The lowest BCUT2D eigenvalue weighted by molar-refractivity contribution is 0.00578. The maximum absolute atomic E-state index is 6.04. The molecule has 1 aliphatic heterocycles. The molecule has 1 heterocycles. The molecule has 0 spiro atoms. The van der Waals surface area contributed by atoms with Crippen LogP contribution >= 0.6 is 22.6 Å². The van der Waals surface area contributed by atoms with E-state index in [1.165, 1.54) is 0 Å². The van der Waals surface area contributed by atoms with E-state index in [1.807, 2.05) is 0 Å². The zero-order valence-corrected chi connectivity index (χ0v) is 13.4. The van der Waals surface area contributed by atoms with Crippen molar-refractivity contribution in [3.63, 3.8) is 0 Å². The van der Waals surface area contributed by atoms with Gasteiger partial charge < -0.3 is 15.0 Å². The van der Waals surface area contributed by atoms with Gasteiger partial charge in [-0.2, -0.15) is 0 Å². The first-order valence-corrected chi connectivity index (χ1v) is 7.18. The summed E-state index contributed by atoms with van der Waals surface area (Å²) in [5.41, 5.74) is 7.25. The normalized spacial score (nSPS) is 21.3. The summed E-state index contributed by atoms with van der Waals surface area (Å²) >= 11 is 2.29. The fraction of sp³-hybridized carbons (Fsp3) is 0.538. The van der Waals surface area contributed by atoms with Gasteiger partial charge in [-0.25, -0.2) is 0 Å². The summed E-state index contributed by atoms with van der Waals surface area (Å²) < 4.78 is 13.2. The van der Waals surface area contributed by atoms with Crippen molar-refractivity contribution in [2.24, 2.45) is 5.73 Å². The molecule has 1 aliphatic rings. The molecule has 0 amide bonds. The topological polar surface area (TPSA) is 44.5 Å². The maximum Gasteiger partial charge on any atom is 0.494 e. The van der Waals surface area contributed by atoms with Crippen molar-refractivity contribution in [2.45, 2.75) is 45.4 Å². The summed E-state index contributed by atoms with van der Waals surface area (Å²) in [4.78, 5) is 0. The largest absolute Gasteiger partial charge is 0.494 e. The van der Waals surface area contributed by atoms with E-state index in [9.17, 15) is 0 Å². The van der Waals surface area contributed by atoms with Crippen molar-refractivity contribution in [2.75, 3.05) is 0 Å². The minimum Gasteiger partial charge on any atom is -0.399 e.